The third-order valence-electron chi connectivity index (χ3n) is 3.87. The summed E-state index contributed by atoms with van der Waals surface area (Å²) in [7, 11) is 1.80. The van der Waals surface area contributed by atoms with Crippen molar-refractivity contribution >= 4 is 17.4 Å². The minimum Gasteiger partial charge on any atom is -0.383 e. The Balaban J connectivity index is 2.12. The van der Waals surface area contributed by atoms with Gasteiger partial charge in [0.2, 0.25) is 0 Å². The number of aryl methyl sites for hydroxylation is 1. The molecule has 1 aliphatic rings. The minimum atomic E-state index is -0.367. The third kappa shape index (κ3) is 2.63. The number of halogens is 2. The predicted octanol–water partition coefficient (Wildman–Crippen LogP) is 3.36. The molecule has 2 heterocycles. The molecule has 0 amide bonds. The molecule has 1 aromatic heterocycles. The molecule has 1 unspecified atom stereocenters. The zero-order valence-electron chi connectivity index (χ0n) is 11.8. The van der Waals surface area contributed by atoms with Gasteiger partial charge in [-0.15, -0.1) is 0 Å². The Morgan fingerprint density at radius 3 is 2.95 bits per heavy atom. The highest BCUT2D eigenvalue weighted by Gasteiger charge is 2.26. The molecule has 0 spiro atoms. The van der Waals surface area contributed by atoms with Crippen LogP contribution in [-0.4, -0.2) is 23.0 Å². The van der Waals surface area contributed by atoms with E-state index in [1.807, 2.05) is 0 Å². The van der Waals surface area contributed by atoms with E-state index in [9.17, 15) is 4.39 Å². The molecule has 2 aromatic rings. The van der Waals surface area contributed by atoms with Crippen molar-refractivity contribution in [2.45, 2.75) is 18.8 Å². The first kappa shape index (κ1) is 14.4. The van der Waals surface area contributed by atoms with E-state index in [-0.39, 0.29) is 11.7 Å². The van der Waals surface area contributed by atoms with Crippen LogP contribution in [0.15, 0.2) is 18.2 Å². The fraction of sp³-hybridized carbons (Fsp3) is 0.400. The fourth-order valence-corrected chi connectivity index (χ4v) is 3.03. The number of anilines is 1. The van der Waals surface area contributed by atoms with Crippen molar-refractivity contribution in [3.63, 3.8) is 0 Å². The maximum Gasteiger partial charge on any atom is 0.129 e. The van der Waals surface area contributed by atoms with Crippen molar-refractivity contribution in [1.82, 2.24) is 9.78 Å². The van der Waals surface area contributed by atoms with Gasteiger partial charge in [-0.05, 0) is 31.0 Å². The molecular weight excluding hydrogens is 293 g/mol. The minimum absolute atomic E-state index is 0.193. The van der Waals surface area contributed by atoms with Gasteiger partial charge in [-0.1, -0.05) is 11.6 Å². The van der Waals surface area contributed by atoms with Crippen LogP contribution in [0, 0.1) is 5.82 Å². The third-order valence-corrected chi connectivity index (χ3v) is 4.18. The van der Waals surface area contributed by atoms with E-state index < -0.39 is 0 Å². The van der Waals surface area contributed by atoms with Crippen LogP contribution in [0.3, 0.4) is 0 Å². The molecule has 1 aromatic carbocycles. The second-order valence-electron chi connectivity index (χ2n) is 5.31. The molecular formula is C15H17ClFN3O. The summed E-state index contributed by atoms with van der Waals surface area (Å²) in [4.78, 5) is 0. The molecule has 0 saturated carbocycles. The Bertz CT molecular complexity index is 665. The number of nitrogen functional groups attached to an aromatic ring is 1. The summed E-state index contributed by atoms with van der Waals surface area (Å²) >= 11 is 6.19. The average molecular weight is 310 g/mol. The molecule has 1 atom stereocenters. The van der Waals surface area contributed by atoms with E-state index in [1.165, 1.54) is 12.1 Å². The Morgan fingerprint density at radius 1 is 1.48 bits per heavy atom. The van der Waals surface area contributed by atoms with E-state index in [4.69, 9.17) is 22.1 Å². The Labute approximate surface area is 127 Å². The van der Waals surface area contributed by atoms with Gasteiger partial charge in [0.25, 0.3) is 0 Å². The maximum absolute atomic E-state index is 13.3. The van der Waals surface area contributed by atoms with E-state index in [0.29, 0.717) is 23.0 Å². The summed E-state index contributed by atoms with van der Waals surface area (Å²) < 4.78 is 20.4. The molecule has 4 nitrogen and oxygen atoms in total. The smallest absolute Gasteiger partial charge is 0.129 e. The second kappa shape index (κ2) is 5.66. The highest BCUT2D eigenvalue weighted by atomic mass is 35.5. The lowest BCUT2D eigenvalue weighted by molar-refractivity contribution is 0.0793. The Morgan fingerprint density at radius 2 is 2.29 bits per heavy atom. The molecule has 112 valence electrons. The summed E-state index contributed by atoms with van der Waals surface area (Å²) in [6.45, 7) is 1.41. The van der Waals surface area contributed by atoms with Crippen molar-refractivity contribution < 1.29 is 9.13 Å². The average Bonchev–Trinajstić information content (AvgIpc) is 2.76. The fourth-order valence-electron chi connectivity index (χ4n) is 2.77. The first-order valence-electron chi connectivity index (χ1n) is 6.93. The molecule has 2 N–H and O–H groups in total. The topological polar surface area (TPSA) is 53.1 Å². The first-order valence-corrected chi connectivity index (χ1v) is 7.31. The van der Waals surface area contributed by atoms with Gasteiger partial charge in [0.05, 0.1) is 17.3 Å². The van der Waals surface area contributed by atoms with Gasteiger partial charge in [0.1, 0.15) is 11.6 Å². The van der Waals surface area contributed by atoms with E-state index in [0.717, 1.165) is 30.7 Å². The lowest BCUT2D eigenvalue weighted by Gasteiger charge is -2.21. The van der Waals surface area contributed by atoms with Gasteiger partial charge in [-0.2, -0.15) is 5.10 Å². The van der Waals surface area contributed by atoms with Crippen LogP contribution in [0.1, 0.15) is 24.5 Å². The number of rotatable bonds is 2. The second-order valence-corrected chi connectivity index (χ2v) is 5.71. The highest BCUT2D eigenvalue weighted by molar-refractivity contribution is 6.33. The standard InChI is InChI=1S/C15H17ClFN3O/c1-20-15(18)13(11-5-4-10(17)7-12(11)16)14(19-20)9-3-2-6-21-8-9/h4-5,7,9H,2-3,6,8,18H2,1H3. The SMILES string of the molecule is Cn1nc(C2CCCOC2)c(-c2ccc(F)cc2Cl)c1N. The molecule has 21 heavy (non-hydrogen) atoms. The Hall–Kier alpha value is -1.59. The van der Waals surface area contributed by atoms with E-state index >= 15 is 0 Å². The number of benzene rings is 1. The van der Waals surface area contributed by atoms with Crippen LogP contribution in [0.5, 0.6) is 0 Å². The largest absolute Gasteiger partial charge is 0.383 e. The molecule has 0 radical (unpaired) electrons. The number of hydrogen-bond donors (Lipinski definition) is 1. The first-order chi connectivity index (χ1) is 10.1. The molecule has 1 fully saturated rings. The van der Waals surface area contributed by atoms with E-state index in [2.05, 4.69) is 5.10 Å². The highest BCUT2D eigenvalue weighted by Crippen LogP contribution is 2.39. The maximum atomic E-state index is 13.3. The number of nitrogens with two attached hydrogens (primary N) is 1. The van der Waals surface area contributed by atoms with Gasteiger partial charge >= 0.3 is 0 Å². The molecule has 0 aliphatic carbocycles. The zero-order valence-corrected chi connectivity index (χ0v) is 12.5. The van der Waals surface area contributed by atoms with Gasteiger partial charge in [-0.25, -0.2) is 4.39 Å². The number of aromatic nitrogens is 2. The lowest BCUT2D eigenvalue weighted by Crippen LogP contribution is -2.16. The van der Waals surface area contributed by atoms with Crippen molar-refractivity contribution in [2.24, 2.45) is 7.05 Å². The molecule has 1 aliphatic heterocycles. The molecule has 6 heteroatoms. The van der Waals surface area contributed by atoms with Crippen LogP contribution in [0.2, 0.25) is 5.02 Å². The summed E-state index contributed by atoms with van der Waals surface area (Å²) in [5, 5.41) is 4.87. The molecule has 1 saturated heterocycles. The van der Waals surface area contributed by atoms with Crippen molar-refractivity contribution in [3.8, 4) is 11.1 Å². The molecule has 0 bridgehead atoms. The van der Waals surface area contributed by atoms with Crippen LogP contribution in [-0.2, 0) is 11.8 Å². The van der Waals surface area contributed by atoms with Crippen molar-refractivity contribution in [3.05, 3.63) is 34.7 Å². The number of ether oxygens (including phenoxy) is 1. The van der Waals surface area contributed by atoms with Gasteiger partial charge in [0.15, 0.2) is 0 Å². The van der Waals surface area contributed by atoms with Crippen LogP contribution in [0.25, 0.3) is 11.1 Å². The van der Waals surface area contributed by atoms with Crippen LogP contribution in [0.4, 0.5) is 10.2 Å². The van der Waals surface area contributed by atoms with Gasteiger partial charge < -0.3 is 10.5 Å². The Kier molecular flexibility index (Phi) is 3.87. The lowest BCUT2D eigenvalue weighted by atomic mass is 9.92. The zero-order chi connectivity index (χ0) is 15.0. The monoisotopic (exact) mass is 309 g/mol. The normalized spacial score (nSPS) is 18.9. The van der Waals surface area contributed by atoms with Gasteiger partial charge in [0, 0.05) is 30.7 Å². The number of nitrogens with zero attached hydrogens (tertiary/aromatic N) is 2. The van der Waals surface area contributed by atoms with Crippen LogP contribution >= 0.6 is 11.6 Å². The van der Waals surface area contributed by atoms with Crippen LogP contribution < -0.4 is 5.73 Å². The number of hydrogen-bond acceptors (Lipinski definition) is 3. The quantitative estimate of drug-likeness (QED) is 0.925. The van der Waals surface area contributed by atoms with Crippen molar-refractivity contribution in [2.75, 3.05) is 18.9 Å². The van der Waals surface area contributed by atoms with Crippen molar-refractivity contribution in [1.29, 1.82) is 0 Å². The summed E-state index contributed by atoms with van der Waals surface area (Å²) in [5.41, 5.74) is 8.54. The molecule has 3 rings (SSSR count). The summed E-state index contributed by atoms with van der Waals surface area (Å²) in [6, 6.07) is 4.33. The summed E-state index contributed by atoms with van der Waals surface area (Å²) in [6.07, 6.45) is 2.00. The van der Waals surface area contributed by atoms with E-state index in [1.54, 1.807) is 17.8 Å². The predicted molar refractivity (Wildman–Crippen MR) is 80.8 cm³/mol. The van der Waals surface area contributed by atoms with Gasteiger partial charge in [-0.3, -0.25) is 4.68 Å². The summed E-state index contributed by atoms with van der Waals surface area (Å²) in [5.74, 6) is 0.358.